The second-order valence-corrected chi connectivity index (χ2v) is 9.82. The lowest BCUT2D eigenvalue weighted by Gasteiger charge is -2.34. The molecule has 0 unspecified atom stereocenters. The van der Waals surface area contributed by atoms with Gasteiger partial charge in [0.05, 0.1) is 5.41 Å². The van der Waals surface area contributed by atoms with E-state index < -0.39 is 0 Å². The lowest BCUT2D eigenvalue weighted by atomic mass is 9.67. The number of aryl methyl sites for hydroxylation is 1. The molecule has 0 spiro atoms. The average Bonchev–Trinajstić information content (AvgIpc) is 3.25. The summed E-state index contributed by atoms with van der Waals surface area (Å²) in [6.45, 7) is 2.16. The zero-order valence-electron chi connectivity index (χ0n) is 20.3. The molecule has 0 fully saturated rings. The number of rotatable bonds is 3. The molecule has 0 heteroatoms. The number of hydrogen-bond donors (Lipinski definition) is 0. The van der Waals surface area contributed by atoms with Gasteiger partial charge in [-0.05, 0) is 68.3 Å². The molecule has 6 aromatic rings. The summed E-state index contributed by atoms with van der Waals surface area (Å²) in [6, 6.07) is 51.4. The molecule has 0 bridgehead atoms. The maximum atomic E-state index is 2.35. The molecule has 0 N–H and O–H groups in total. The molecule has 1 aliphatic rings. The summed E-state index contributed by atoms with van der Waals surface area (Å²) in [4.78, 5) is 0. The third-order valence-corrected chi connectivity index (χ3v) is 7.79. The van der Waals surface area contributed by atoms with Crippen molar-refractivity contribution in [3.05, 3.63) is 167 Å². The Hall–Kier alpha value is -4.42. The first-order valence-corrected chi connectivity index (χ1v) is 12.6. The van der Waals surface area contributed by atoms with Crippen molar-refractivity contribution in [2.45, 2.75) is 12.3 Å². The normalized spacial score (nSPS) is 13.4. The summed E-state index contributed by atoms with van der Waals surface area (Å²) in [6.07, 6.45) is 0. The van der Waals surface area contributed by atoms with E-state index in [2.05, 4.69) is 146 Å². The van der Waals surface area contributed by atoms with Crippen LogP contribution in [0.2, 0.25) is 0 Å². The van der Waals surface area contributed by atoms with E-state index in [9.17, 15) is 0 Å². The van der Waals surface area contributed by atoms with E-state index in [0.717, 1.165) is 0 Å². The van der Waals surface area contributed by atoms with Crippen LogP contribution in [0.4, 0.5) is 0 Å². The van der Waals surface area contributed by atoms with E-state index >= 15 is 0 Å². The third-order valence-electron chi connectivity index (χ3n) is 7.79. The second-order valence-electron chi connectivity index (χ2n) is 9.82. The molecule has 0 aromatic heterocycles. The van der Waals surface area contributed by atoms with Crippen LogP contribution in [0, 0.1) is 6.92 Å². The number of hydrogen-bond acceptors (Lipinski definition) is 0. The van der Waals surface area contributed by atoms with Crippen LogP contribution in [0.5, 0.6) is 0 Å². The Morgan fingerprint density at radius 2 is 1.06 bits per heavy atom. The molecule has 7 rings (SSSR count). The Bertz CT molecular complexity index is 1690. The van der Waals surface area contributed by atoms with Gasteiger partial charge in [-0.25, -0.2) is 0 Å². The fraction of sp³-hybridized carbons (Fsp3) is 0.0556. The van der Waals surface area contributed by atoms with Gasteiger partial charge in [0.15, 0.2) is 0 Å². The van der Waals surface area contributed by atoms with E-state index in [0.29, 0.717) is 0 Å². The van der Waals surface area contributed by atoms with Crippen molar-refractivity contribution in [3.63, 3.8) is 0 Å². The van der Waals surface area contributed by atoms with Crippen molar-refractivity contribution in [2.75, 3.05) is 0 Å². The number of benzene rings is 6. The van der Waals surface area contributed by atoms with Gasteiger partial charge in [-0.2, -0.15) is 0 Å². The van der Waals surface area contributed by atoms with Crippen LogP contribution in [0.1, 0.15) is 27.8 Å². The fourth-order valence-corrected chi connectivity index (χ4v) is 6.27. The highest BCUT2D eigenvalue weighted by atomic mass is 14.5. The molecule has 1 aliphatic carbocycles. The maximum absolute atomic E-state index is 2.35. The van der Waals surface area contributed by atoms with Crippen molar-refractivity contribution >= 4 is 10.8 Å². The van der Waals surface area contributed by atoms with Crippen molar-refractivity contribution in [1.82, 2.24) is 0 Å². The van der Waals surface area contributed by atoms with E-state index in [1.165, 1.54) is 60.8 Å². The van der Waals surface area contributed by atoms with Crippen LogP contribution in [-0.2, 0) is 5.41 Å². The van der Waals surface area contributed by atoms with Gasteiger partial charge in [0.1, 0.15) is 0 Å². The summed E-state index contributed by atoms with van der Waals surface area (Å²) >= 11 is 0. The number of fused-ring (bicyclic) bond motifs is 4. The van der Waals surface area contributed by atoms with Gasteiger partial charge in [0.2, 0.25) is 0 Å². The van der Waals surface area contributed by atoms with E-state index in [1.54, 1.807) is 0 Å². The molecule has 0 saturated carbocycles. The molecule has 0 radical (unpaired) electrons. The Morgan fingerprint density at radius 3 is 1.81 bits per heavy atom. The van der Waals surface area contributed by atoms with Gasteiger partial charge >= 0.3 is 0 Å². The van der Waals surface area contributed by atoms with Gasteiger partial charge in [-0.3, -0.25) is 0 Å². The molecule has 36 heavy (non-hydrogen) atoms. The molecule has 170 valence electrons. The van der Waals surface area contributed by atoms with Crippen LogP contribution in [0.25, 0.3) is 33.0 Å². The summed E-state index contributed by atoms with van der Waals surface area (Å²) in [5, 5.41) is 2.56. The van der Waals surface area contributed by atoms with Crippen molar-refractivity contribution < 1.29 is 0 Å². The van der Waals surface area contributed by atoms with E-state index in [-0.39, 0.29) is 5.41 Å². The average molecular weight is 459 g/mol. The SMILES string of the molecule is Cc1ccc2ccc(-c3cccc4c3-c3ccccc3C4(c3ccccc3)c3ccccc3)cc2c1. The van der Waals surface area contributed by atoms with Crippen LogP contribution < -0.4 is 0 Å². The molecular formula is C36H26. The topological polar surface area (TPSA) is 0 Å². The molecule has 0 aliphatic heterocycles. The smallest absolute Gasteiger partial charge is 0.0622 e. The molecule has 0 amide bonds. The first kappa shape index (κ1) is 20.9. The Morgan fingerprint density at radius 1 is 0.444 bits per heavy atom. The standard InChI is InChI=1S/C36H26/c1-25-19-20-26-21-22-27(24-28(26)23-25)31-16-10-18-34-35(31)32-15-8-9-17-33(32)36(34,29-11-4-2-5-12-29)30-13-6-3-7-14-30/h2-24H,1H3. The molecule has 0 saturated heterocycles. The van der Waals surface area contributed by atoms with Crippen LogP contribution in [0.15, 0.2) is 140 Å². The van der Waals surface area contributed by atoms with Crippen molar-refractivity contribution in [3.8, 4) is 22.3 Å². The summed E-state index contributed by atoms with van der Waals surface area (Å²) in [5.41, 5.74) is 11.4. The quantitative estimate of drug-likeness (QED) is 0.248. The monoisotopic (exact) mass is 458 g/mol. The van der Waals surface area contributed by atoms with Crippen molar-refractivity contribution in [1.29, 1.82) is 0 Å². The predicted octanol–water partition coefficient (Wildman–Crippen LogP) is 9.18. The van der Waals surface area contributed by atoms with Crippen LogP contribution in [-0.4, -0.2) is 0 Å². The van der Waals surface area contributed by atoms with Gasteiger partial charge in [-0.1, -0.05) is 139 Å². The molecular weight excluding hydrogens is 432 g/mol. The third kappa shape index (κ3) is 2.94. The Kier molecular flexibility index (Phi) is 4.69. The first-order valence-electron chi connectivity index (χ1n) is 12.6. The van der Waals surface area contributed by atoms with Gasteiger partial charge in [0, 0.05) is 0 Å². The molecule has 0 atom stereocenters. The fourth-order valence-electron chi connectivity index (χ4n) is 6.27. The van der Waals surface area contributed by atoms with Gasteiger partial charge in [0.25, 0.3) is 0 Å². The zero-order valence-corrected chi connectivity index (χ0v) is 20.3. The largest absolute Gasteiger partial charge is 0.0713 e. The minimum atomic E-state index is -0.363. The predicted molar refractivity (Wildman–Crippen MR) is 151 cm³/mol. The van der Waals surface area contributed by atoms with E-state index in [1.807, 2.05) is 0 Å². The summed E-state index contributed by atoms with van der Waals surface area (Å²) in [7, 11) is 0. The highest BCUT2D eigenvalue weighted by Gasteiger charge is 2.46. The molecule has 0 heterocycles. The lowest BCUT2D eigenvalue weighted by Crippen LogP contribution is -2.28. The lowest BCUT2D eigenvalue weighted by molar-refractivity contribution is 0.768. The maximum Gasteiger partial charge on any atom is 0.0713 e. The van der Waals surface area contributed by atoms with Crippen molar-refractivity contribution in [2.24, 2.45) is 0 Å². The summed E-state index contributed by atoms with van der Waals surface area (Å²) < 4.78 is 0. The second kappa shape index (κ2) is 8.07. The minimum absolute atomic E-state index is 0.363. The summed E-state index contributed by atoms with van der Waals surface area (Å²) in [5.74, 6) is 0. The van der Waals surface area contributed by atoms with Crippen LogP contribution >= 0.6 is 0 Å². The van der Waals surface area contributed by atoms with Gasteiger partial charge in [-0.15, -0.1) is 0 Å². The first-order chi connectivity index (χ1) is 17.8. The highest BCUT2D eigenvalue weighted by Crippen LogP contribution is 2.58. The Labute approximate surface area is 212 Å². The Balaban J connectivity index is 1.59. The van der Waals surface area contributed by atoms with E-state index in [4.69, 9.17) is 0 Å². The molecule has 0 nitrogen and oxygen atoms in total. The zero-order chi connectivity index (χ0) is 24.1. The minimum Gasteiger partial charge on any atom is -0.0622 e. The highest BCUT2D eigenvalue weighted by molar-refractivity contribution is 5.97. The molecule has 6 aromatic carbocycles. The van der Waals surface area contributed by atoms with Gasteiger partial charge < -0.3 is 0 Å². The van der Waals surface area contributed by atoms with Crippen LogP contribution in [0.3, 0.4) is 0 Å².